The number of urea groups is 1. The molecule has 3 atom stereocenters. The van der Waals surface area contributed by atoms with Gasteiger partial charge in [-0.3, -0.25) is 0 Å². The van der Waals surface area contributed by atoms with Crippen LogP contribution < -0.4 is 5.32 Å². The second-order valence-electron chi connectivity index (χ2n) is 11.7. The highest BCUT2D eigenvalue weighted by Gasteiger charge is 2.34. The molecule has 0 aliphatic heterocycles. The smallest absolute Gasteiger partial charge is 0.337 e. The number of hydrogen-bond donors (Lipinski definition) is 2. The van der Waals surface area contributed by atoms with Crippen LogP contribution in [0.15, 0.2) is 115 Å². The van der Waals surface area contributed by atoms with Gasteiger partial charge in [-0.15, -0.1) is 0 Å². The first-order chi connectivity index (χ1) is 22.2. The summed E-state index contributed by atoms with van der Waals surface area (Å²) in [5, 5.41) is 13.3. The van der Waals surface area contributed by atoms with E-state index in [1.165, 1.54) is 12.0 Å². The zero-order valence-electron chi connectivity index (χ0n) is 26.5. The van der Waals surface area contributed by atoms with E-state index in [9.17, 15) is 19.5 Å². The number of rotatable bonds is 15. The van der Waals surface area contributed by atoms with Crippen molar-refractivity contribution in [3.05, 3.63) is 132 Å². The normalized spacial score (nSPS) is 13.0. The number of hydrogen-bond acceptors (Lipinski definition) is 5. The summed E-state index contributed by atoms with van der Waals surface area (Å²) < 4.78 is 10.9. The minimum atomic E-state index is -1.25. The fourth-order valence-corrected chi connectivity index (χ4v) is 5.36. The van der Waals surface area contributed by atoms with E-state index in [1.807, 2.05) is 129 Å². The Kier molecular flexibility index (Phi) is 12.5. The molecule has 0 aromatic heterocycles. The second-order valence-corrected chi connectivity index (χ2v) is 11.7. The van der Waals surface area contributed by atoms with Gasteiger partial charge in [-0.1, -0.05) is 129 Å². The van der Waals surface area contributed by atoms with Crippen molar-refractivity contribution in [1.82, 2.24) is 10.2 Å². The van der Waals surface area contributed by atoms with Crippen LogP contribution in [-0.2, 0) is 32.1 Å². The monoisotopic (exact) mass is 622 g/mol. The molecule has 0 spiro atoms. The number of carbonyl (C=O) groups excluding carboxylic acids is 2. The largest absolute Gasteiger partial charge is 0.480 e. The summed E-state index contributed by atoms with van der Waals surface area (Å²) in [5.41, 5.74) is 4.61. The molecule has 1 unspecified atom stereocenters. The minimum Gasteiger partial charge on any atom is -0.480 e. The van der Waals surface area contributed by atoms with E-state index in [1.54, 1.807) is 0 Å². The zero-order chi connectivity index (χ0) is 32.9. The number of benzene rings is 4. The van der Waals surface area contributed by atoms with Crippen molar-refractivity contribution >= 4 is 18.0 Å². The predicted octanol–water partition coefficient (Wildman–Crippen LogP) is 6.56. The first-order valence-corrected chi connectivity index (χ1v) is 15.5. The Morgan fingerprint density at radius 1 is 0.739 bits per heavy atom. The van der Waals surface area contributed by atoms with Crippen LogP contribution in [0.3, 0.4) is 0 Å². The van der Waals surface area contributed by atoms with E-state index in [0.29, 0.717) is 6.42 Å². The summed E-state index contributed by atoms with van der Waals surface area (Å²) in [6.45, 7) is 4.13. The number of amides is 2. The van der Waals surface area contributed by atoms with E-state index in [-0.39, 0.29) is 25.6 Å². The summed E-state index contributed by atoms with van der Waals surface area (Å²) in [6.07, 6.45) is -0.665. The molecule has 8 heteroatoms. The Morgan fingerprint density at radius 2 is 1.28 bits per heavy atom. The number of nitrogens with one attached hydrogen (secondary N) is 1. The van der Waals surface area contributed by atoms with Gasteiger partial charge >= 0.3 is 18.0 Å². The van der Waals surface area contributed by atoms with E-state index in [4.69, 9.17) is 9.47 Å². The Morgan fingerprint density at radius 3 is 1.83 bits per heavy atom. The highest BCUT2D eigenvalue weighted by molar-refractivity contribution is 5.84. The number of aliphatic carboxylic acids is 1. The van der Waals surface area contributed by atoms with Gasteiger partial charge in [0, 0.05) is 19.6 Å². The van der Waals surface area contributed by atoms with Gasteiger partial charge in [0.25, 0.3) is 0 Å². The molecule has 0 radical (unpaired) electrons. The van der Waals surface area contributed by atoms with Crippen LogP contribution in [0.2, 0.25) is 0 Å². The van der Waals surface area contributed by atoms with Crippen LogP contribution in [0.1, 0.15) is 36.5 Å². The standard InChI is InChI=1S/C38H42N2O6/c1-27(2)24-40(25-34(45-3)37(43)46-26-29-15-9-5-10-16-29)38(44)39-35(36(41)42)33(23-28-13-7-4-8-14-28)32-21-19-31(20-22-32)30-17-11-6-12-18-30/h4-22,27,33-35H,23-26H2,1-3H3,(H,39,44)(H,41,42)/t33?,34-,35-/m0/s1. The lowest BCUT2D eigenvalue weighted by molar-refractivity contribution is -0.157. The van der Waals surface area contributed by atoms with Gasteiger partial charge < -0.3 is 24.8 Å². The van der Waals surface area contributed by atoms with Crippen LogP contribution in [-0.4, -0.2) is 60.3 Å². The molecule has 4 rings (SSSR count). The molecule has 0 heterocycles. The first-order valence-electron chi connectivity index (χ1n) is 15.5. The number of ether oxygens (including phenoxy) is 2. The summed E-state index contributed by atoms with van der Waals surface area (Å²) in [4.78, 5) is 41.0. The number of carboxylic acids is 1. The predicted molar refractivity (Wildman–Crippen MR) is 178 cm³/mol. The summed E-state index contributed by atoms with van der Waals surface area (Å²) >= 11 is 0. The fourth-order valence-electron chi connectivity index (χ4n) is 5.36. The Labute approximate surface area is 271 Å². The molecule has 0 saturated heterocycles. The topological polar surface area (TPSA) is 105 Å². The zero-order valence-corrected chi connectivity index (χ0v) is 26.5. The van der Waals surface area contributed by atoms with Gasteiger partial charge in [0.1, 0.15) is 12.6 Å². The summed E-state index contributed by atoms with van der Waals surface area (Å²) in [5.74, 6) is -2.30. The van der Waals surface area contributed by atoms with E-state index < -0.39 is 36.0 Å². The number of nitrogens with zero attached hydrogens (tertiary/aromatic N) is 1. The molecule has 0 bridgehead atoms. The SMILES string of the molecule is CO[C@@H](CN(CC(C)C)C(=O)N[C@H](C(=O)O)C(Cc1ccccc1)c1ccc(-c2ccccc2)cc1)C(=O)OCc1ccccc1. The Balaban J connectivity index is 1.56. The van der Waals surface area contributed by atoms with Crippen molar-refractivity contribution < 1.29 is 29.0 Å². The quantitative estimate of drug-likeness (QED) is 0.146. The van der Waals surface area contributed by atoms with Crippen molar-refractivity contribution in [3.8, 4) is 11.1 Å². The molecule has 4 aromatic rings. The van der Waals surface area contributed by atoms with Crippen molar-refractivity contribution in [1.29, 1.82) is 0 Å². The molecule has 4 aromatic carbocycles. The van der Waals surface area contributed by atoms with Gasteiger partial charge in [-0.05, 0) is 40.2 Å². The average molecular weight is 623 g/mol. The molecule has 0 fully saturated rings. The highest BCUT2D eigenvalue weighted by Crippen LogP contribution is 2.28. The highest BCUT2D eigenvalue weighted by atomic mass is 16.6. The van der Waals surface area contributed by atoms with Crippen LogP contribution >= 0.6 is 0 Å². The first kappa shape index (κ1) is 33.9. The number of carbonyl (C=O) groups is 3. The molecule has 0 saturated carbocycles. The minimum absolute atomic E-state index is 0.0394. The molecule has 2 N–H and O–H groups in total. The third kappa shape index (κ3) is 9.78. The second kappa shape index (κ2) is 16.9. The third-order valence-corrected chi connectivity index (χ3v) is 7.72. The van der Waals surface area contributed by atoms with Gasteiger partial charge in [-0.2, -0.15) is 0 Å². The number of methoxy groups -OCH3 is 1. The molecule has 2 amide bonds. The summed E-state index contributed by atoms with van der Waals surface area (Å²) in [7, 11) is 1.38. The molecule has 8 nitrogen and oxygen atoms in total. The van der Waals surface area contributed by atoms with Crippen LogP contribution in [0.4, 0.5) is 4.79 Å². The molecular formula is C38H42N2O6. The number of esters is 1. The van der Waals surface area contributed by atoms with Crippen molar-refractivity contribution in [2.45, 2.75) is 44.9 Å². The van der Waals surface area contributed by atoms with E-state index in [2.05, 4.69) is 5.32 Å². The van der Waals surface area contributed by atoms with Crippen LogP contribution in [0.25, 0.3) is 11.1 Å². The lowest BCUT2D eigenvalue weighted by atomic mass is 9.85. The van der Waals surface area contributed by atoms with E-state index in [0.717, 1.165) is 27.8 Å². The third-order valence-electron chi connectivity index (χ3n) is 7.72. The molecule has 240 valence electrons. The van der Waals surface area contributed by atoms with Crippen molar-refractivity contribution in [2.75, 3.05) is 20.2 Å². The maximum atomic E-state index is 13.8. The average Bonchev–Trinajstić information content (AvgIpc) is 3.08. The molecular weight excluding hydrogens is 580 g/mol. The fraction of sp³-hybridized carbons (Fsp3) is 0.289. The van der Waals surface area contributed by atoms with Crippen molar-refractivity contribution in [3.63, 3.8) is 0 Å². The lowest BCUT2D eigenvalue weighted by Gasteiger charge is -2.31. The van der Waals surface area contributed by atoms with Gasteiger partial charge in [-0.25, -0.2) is 14.4 Å². The molecule has 0 aliphatic carbocycles. The Bertz CT molecular complexity index is 1530. The van der Waals surface area contributed by atoms with Crippen molar-refractivity contribution in [2.24, 2.45) is 5.92 Å². The van der Waals surface area contributed by atoms with Crippen LogP contribution in [0, 0.1) is 5.92 Å². The lowest BCUT2D eigenvalue weighted by Crippen LogP contribution is -2.53. The van der Waals surface area contributed by atoms with Crippen LogP contribution in [0.5, 0.6) is 0 Å². The Hall–Kier alpha value is -4.95. The van der Waals surface area contributed by atoms with Gasteiger partial charge in [0.05, 0.1) is 6.54 Å². The number of carboxylic acid groups (broad SMARTS) is 1. The maximum Gasteiger partial charge on any atom is 0.337 e. The van der Waals surface area contributed by atoms with Gasteiger partial charge in [0.15, 0.2) is 6.10 Å². The summed E-state index contributed by atoms with van der Waals surface area (Å²) in [6, 6.07) is 34.8. The maximum absolute atomic E-state index is 13.8. The molecule has 0 aliphatic rings. The molecule has 46 heavy (non-hydrogen) atoms. The van der Waals surface area contributed by atoms with Gasteiger partial charge in [0.2, 0.25) is 0 Å². The van der Waals surface area contributed by atoms with E-state index >= 15 is 0 Å².